The minimum Gasteiger partial charge on any atom is -0.481 e. The highest BCUT2D eigenvalue weighted by Gasteiger charge is 2.40. The zero-order valence-corrected chi connectivity index (χ0v) is 23.2. The van der Waals surface area contributed by atoms with Crippen LogP contribution in [-0.4, -0.2) is 41.2 Å². The van der Waals surface area contributed by atoms with Crippen LogP contribution >= 0.6 is 11.3 Å². The quantitative estimate of drug-likeness (QED) is 0.328. The number of benzene rings is 2. The van der Waals surface area contributed by atoms with Gasteiger partial charge in [0.2, 0.25) is 11.8 Å². The van der Waals surface area contributed by atoms with Crippen LogP contribution in [0.4, 0.5) is 5.13 Å². The minimum absolute atomic E-state index is 0.0802. The van der Waals surface area contributed by atoms with Gasteiger partial charge >= 0.3 is 0 Å². The molecule has 0 bridgehead atoms. The number of nitrogens with zero attached hydrogens (tertiary/aromatic N) is 3. The molecule has 0 amide bonds. The molecule has 0 atom stereocenters. The molecule has 0 aliphatic carbocycles. The number of thiazole rings is 1. The van der Waals surface area contributed by atoms with E-state index in [-0.39, 0.29) is 11.1 Å². The summed E-state index contributed by atoms with van der Waals surface area (Å²) < 4.78 is 11.7. The highest BCUT2D eigenvalue weighted by Crippen LogP contribution is 2.46. The molecule has 1 N–H and O–H groups in total. The van der Waals surface area contributed by atoms with Crippen LogP contribution in [-0.2, 0) is 6.61 Å². The van der Waals surface area contributed by atoms with Gasteiger partial charge in [0.1, 0.15) is 11.5 Å². The number of ether oxygens (including phenoxy) is 2. The molecule has 0 radical (unpaired) electrons. The summed E-state index contributed by atoms with van der Waals surface area (Å²) >= 11 is 1.73. The van der Waals surface area contributed by atoms with Crippen molar-refractivity contribution in [3.63, 3.8) is 0 Å². The third-order valence-corrected chi connectivity index (χ3v) is 8.69. The SMILES string of the molecule is COc1cc(-c2ccc3c(c2)COc2nc(N(C)C4CC(C)(C)NC(C)(C)C4)sc2-3)c2ccccc2n1. The Morgan fingerprint density at radius 1 is 1.00 bits per heavy atom. The topological polar surface area (TPSA) is 59.5 Å². The Morgan fingerprint density at radius 2 is 1.76 bits per heavy atom. The number of pyridine rings is 1. The Morgan fingerprint density at radius 3 is 2.51 bits per heavy atom. The minimum atomic E-state index is 0.0802. The van der Waals surface area contributed by atoms with Crippen molar-refractivity contribution in [3.05, 3.63) is 54.1 Å². The van der Waals surface area contributed by atoms with Crippen molar-refractivity contribution in [2.45, 2.75) is 64.3 Å². The first-order valence-electron chi connectivity index (χ1n) is 12.9. The third-order valence-electron chi connectivity index (χ3n) is 7.53. The first-order valence-corrected chi connectivity index (χ1v) is 13.7. The Hall–Kier alpha value is -3.16. The Labute approximate surface area is 222 Å². The van der Waals surface area contributed by atoms with E-state index in [1.807, 2.05) is 24.3 Å². The Bertz CT molecular complexity index is 1480. The van der Waals surface area contributed by atoms with Crippen molar-refractivity contribution in [3.8, 4) is 33.3 Å². The van der Waals surface area contributed by atoms with Crippen LogP contribution in [0.2, 0.25) is 0 Å². The standard InChI is InChI=1S/C30H34N4O2S/c1-29(2)15-20(16-30(3,4)33-29)34(5)28-32-27-26(37-28)21-12-11-18(13-19(21)17-36-27)23-14-25(35-6)31-24-10-8-7-9-22(23)24/h7-14,20,33H,15-17H2,1-6H3. The summed E-state index contributed by atoms with van der Waals surface area (Å²) in [6, 6.07) is 17.3. The number of piperidine rings is 1. The summed E-state index contributed by atoms with van der Waals surface area (Å²) in [5.74, 6) is 1.36. The van der Waals surface area contributed by atoms with Crippen molar-refractivity contribution in [1.82, 2.24) is 15.3 Å². The second kappa shape index (κ2) is 8.71. The summed E-state index contributed by atoms with van der Waals surface area (Å²) in [4.78, 5) is 13.0. The zero-order valence-electron chi connectivity index (χ0n) is 22.4. The molecule has 6 rings (SSSR count). The van der Waals surface area contributed by atoms with E-state index in [2.05, 4.69) is 74.2 Å². The molecule has 0 unspecified atom stereocenters. The molecule has 0 spiro atoms. The predicted octanol–water partition coefficient (Wildman–Crippen LogP) is 6.67. The van der Waals surface area contributed by atoms with Gasteiger partial charge in [-0.1, -0.05) is 41.7 Å². The Kier molecular flexibility index (Phi) is 5.69. The number of nitrogens with one attached hydrogen (secondary N) is 1. The number of anilines is 1. The van der Waals surface area contributed by atoms with Crippen LogP contribution < -0.4 is 19.7 Å². The number of rotatable bonds is 4. The van der Waals surface area contributed by atoms with E-state index in [1.165, 1.54) is 11.1 Å². The molecule has 2 aromatic heterocycles. The lowest BCUT2D eigenvalue weighted by Gasteiger charge is -2.48. The highest BCUT2D eigenvalue weighted by molar-refractivity contribution is 7.19. The maximum absolute atomic E-state index is 6.20. The van der Waals surface area contributed by atoms with Crippen molar-refractivity contribution < 1.29 is 9.47 Å². The molecule has 2 aliphatic heterocycles. The zero-order chi connectivity index (χ0) is 25.9. The molecule has 37 heavy (non-hydrogen) atoms. The van der Waals surface area contributed by atoms with Crippen LogP contribution in [0.15, 0.2) is 48.5 Å². The van der Waals surface area contributed by atoms with Gasteiger partial charge in [-0.2, -0.15) is 4.98 Å². The molecule has 4 aromatic rings. The fourth-order valence-corrected chi connectivity index (χ4v) is 7.26. The van der Waals surface area contributed by atoms with Gasteiger partial charge in [-0.05, 0) is 69.4 Å². The number of hydrogen-bond donors (Lipinski definition) is 1. The molecule has 192 valence electrons. The smallest absolute Gasteiger partial charge is 0.234 e. The van der Waals surface area contributed by atoms with E-state index < -0.39 is 0 Å². The van der Waals surface area contributed by atoms with Gasteiger partial charge < -0.3 is 19.7 Å². The van der Waals surface area contributed by atoms with Crippen LogP contribution in [0.25, 0.3) is 32.5 Å². The highest BCUT2D eigenvalue weighted by atomic mass is 32.1. The summed E-state index contributed by atoms with van der Waals surface area (Å²) in [6.07, 6.45) is 2.14. The number of hydrogen-bond acceptors (Lipinski definition) is 7. The van der Waals surface area contributed by atoms with Gasteiger partial charge in [0, 0.05) is 41.2 Å². The maximum atomic E-state index is 6.20. The van der Waals surface area contributed by atoms with E-state index in [9.17, 15) is 0 Å². The van der Waals surface area contributed by atoms with Gasteiger partial charge in [0.25, 0.3) is 0 Å². The number of aromatic nitrogens is 2. The van der Waals surface area contributed by atoms with E-state index in [1.54, 1.807) is 18.4 Å². The second-order valence-corrected chi connectivity index (χ2v) is 12.6. The first-order chi connectivity index (χ1) is 17.6. The Balaban J connectivity index is 1.35. The largest absolute Gasteiger partial charge is 0.481 e. The van der Waals surface area contributed by atoms with Gasteiger partial charge in [0.05, 0.1) is 12.6 Å². The first kappa shape index (κ1) is 24.2. The number of methoxy groups -OCH3 is 1. The van der Waals surface area contributed by atoms with Gasteiger partial charge in [0.15, 0.2) is 5.13 Å². The number of para-hydroxylation sites is 1. The molecule has 1 fully saturated rings. The molecule has 4 heterocycles. The van der Waals surface area contributed by atoms with E-state index in [0.29, 0.717) is 18.5 Å². The summed E-state index contributed by atoms with van der Waals surface area (Å²) in [5, 5.41) is 5.91. The number of fused-ring (bicyclic) bond motifs is 4. The van der Waals surface area contributed by atoms with E-state index in [4.69, 9.17) is 14.5 Å². The fraction of sp³-hybridized carbons (Fsp3) is 0.400. The maximum Gasteiger partial charge on any atom is 0.234 e. The molecule has 6 nitrogen and oxygen atoms in total. The summed E-state index contributed by atoms with van der Waals surface area (Å²) in [5.41, 5.74) is 5.70. The van der Waals surface area contributed by atoms with E-state index >= 15 is 0 Å². The van der Waals surface area contributed by atoms with Gasteiger partial charge in [-0.25, -0.2) is 4.98 Å². The lowest BCUT2D eigenvalue weighted by molar-refractivity contribution is 0.161. The fourth-order valence-electron chi connectivity index (χ4n) is 6.16. The second-order valence-electron chi connectivity index (χ2n) is 11.6. The van der Waals surface area contributed by atoms with Crippen molar-refractivity contribution in [2.24, 2.45) is 0 Å². The normalized spacial score (nSPS) is 18.1. The molecular formula is C30H34N4O2S. The molecule has 0 saturated carbocycles. The van der Waals surface area contributed by atoms with Crippen molar-refractivity contribution in [1.29, 1.82) is 0 Å². The molecule has 2 aliphatic rings. The van der Waals surface area contributed by atoms with Gasteiger partial charge in [-0.15, -0.1) is 0 Å². The molecule has 2 aromatic carbocycles. The molecule has 1 saturated heterocycles. The average molecular weight is 515 g/mol. The lowest BCUT2D eigenvalue weighted by atomic mass is 9.79. The van der Waals surface area contributed by atoms with Crippen LogP contribution in [0.1, 0.15) is 46.1 Å². The molecule has 7 heteroatoms. The third kappa shape index (κ3) is 4.44. The summed E-state index contributed by atoms with van der Waals surface area (Å²) in [7, 11) is 3.84. The average Bonchev–Trinajstić information content (AvgIpc) is 3.30. The summed E-state index contributed by atoms with van der Waals surface area (Å²) in [6.45, 7) is 9.68. The van der Waals surface area contributed by atoms with E-state index in [0.717, 1.165) is 50.8 Å². The lowest BCUT2D eigenvalue weighted by Crippen LogP contribution is -2.61. The van der Waals surface area contributed by atoms with Gasteiger partial charge in [-0.3, -0.25) is 0 Å². The molecular weight excluding hydrogens is 480 g/mol. The van der Waals surface area contributed by atoms with Crippen LogP contribution in [0.3, 0.4) is 0 Å². The predicted molar refractivity (Wildman–Crippen MR) is 152 cm³/mol. The van der Waals surface area contributed by atoms with Crippen LogP contribution in [0, 0.1) is 0 Å². The van der Waals surface area contributed by atoms with Crippen molar-refractivity contribution >= 4 is 27.4 Å². The van der Waals surface area contributed by atoms with Crippen LogP contribution in [0.5, 0.6) is 11.8 Å². The monoisotopic (exact) mass is 514 g/mol. The van der Waals surface area contributed by atoms with Crippen molar-refractivity contribution in [2.75, 3.05) is 19.1 Å².